The van der Waals surface area contributed by atoms with Crippen molar-refractivity contribution in [3.63, 3.8) is 0 Å². The molecule has 0 aliphatic rings. The van der Waals surface area contributed by atoms with Crippen LogP contribution in [0.15, 0.2) is 65.6 Å². The van der Waals surface area contributed by atoms with Gasteiger partial charge >= 0.3 is 12.2 Å². The van der Waals surface area contributed by atoms with Crippen molar-refractivity contribution in [1.82, 2.24) is 9.13 Å². The van der Waals surface area contributed by atoms with Crippen molar-refractivity contribution in [3.05, 3.63) is 76.9 Å². The van der Waals surface area contributed by atoms with E-state index in [1.807, 2.05) is 30.3 Å². The zero-order chi connectivity index (χ0) is 31.3. The summed E-state index contributed by atoms with van der Waals surface area (Å²) in [5, 5.41) is 11.5. The van der Waals surface area contributed by atoms with Gasteiger partial charge in [-0.05, 0) is 64.0 Å². The van der Waals surface area contributed by atoms with Gasteiger partial charge in [-0.25, -0.2) is 14.2 Å². The number of benzene rings is 1. The van der Waals surface area contributed by atoms with Gasteiger partial charge < -0.3 is 35.9 Å². The number of nitrogens with one attached hydrogen (secondary N) is 1. The molecule has 3 aromatic rings. The fourth-order valence-electron chi connectivity index (χ4n) is 3.72. The number of nitrogens with two attached hydrogens (primary N) is 2. The lowest BCUT2D eigenvalue weighted by Crippen LogP contribution is -2.30. The molecule has 42 heavy (non-hydrogen) atoms. The van der Waals surface area contributed by atoms with Crippen LogP contribution in [0, 0.1) is 0 Å². The monoisotopic (exact) mass is 583 g/mol. The maximum Gasteiger partial charge on any atom is 0.419 e. The third kappa shape index (κ3) is 10.9. The average Bonchev–Trinajstić information content (AvgIpc) is 3.27. The first-order chi connectivity index (χ1) is 19.8. The van der Waals surface area contributed by atoms with Crippen molar-refractivity contribution in [2.75, 3.05) is 18.5 Å². The third-order valence-electron chi connectivity index (χ3n) is 5.38. The summed E-state index contributed by atoms with van der Waals surface area (Å²) in [5.41, 5.74) is 9.86. The zero-order valence-corrected chi connectivity index (χ0v) is 23.9. The van der Waals surface area contributed by atoms with Gasteiger partial charge in [-0.15, -0.1) is 0 Å². The third-order valence-corrected chi connectivity index (χ3v) is 5.38. The van der Waals surface area contributed by atoms with Crippen LogP contribution in [-0.2, 0) is 25.6 Å². The second kappa shape index (κ2) is 15.8. The van der Waals surface area contributed by atoms with Crippen LogP contribution >= 0.6 is 0 Å². The smallest absolute Gasteiger partial charge is 0.419 e. The Kier molecular flexibility index (Phi) is 12.5. The molecule has 0 aliphatic heterocycles. The quantitative estimate of drug-likeness (QED) is 0.206. The van der Waals surface area contributed by atoms with Crippen LogP contribution in [0.1, 0.15) is 45.7 Å². The summed E-state index contributed by atoms with van der Waals surface area (Å²) < 4.78 is 12.6. The summed E-state index contributed by atoms with van der Waals surface area (Å²) in [5.74, 6) is -0.847. The van der Waals surface area contributed by atoms with E-state index in [0.717, 1.165) is 5.39 Å². The van der Waals surface area contributed by atoms with Gasteiger partial charge in [0, 0.05) is 23.7 Å². The Morgan fingerprint density at radius 1 is 1.07 bits per heavy atom. The molecule has 13 nitrogen and oxygen atoms in total. The van der Waals surface area contributed by atoms with E-state index in [9.17, 15) is 24.0 Å². The summed E-state index contributed by atoms with van der Waals surface area (Å²) in [4.78, 5) is 58.7. The van der Waals surface area contributed by atoms with Crippen molar-refractivity contribution >= 4 is 40.6 Å². The van der Waals surface area contributed by atoms with E-state index >= 15 is 0 Å². The lowest BCUT2D eigenvalue weighted by atomic mass is 10.2. The number of anilines is 1. The number of para-hydroxylation sites is 1. The fraction of sp³-hybridized carbons (Fsp3) is 0.345. The fourth-order valence-corrected chi connectivity index (χ4v) is 3.72. The van der Waals surface area contributed by atoms with Crippen LogP contribution < -0.4 is 22.3 Å². The molecule has 2 heterocycles. The molecule has 6 N–H and O–H groups in total. The highest BCUT2D eigenvalue weighted by atomic mass is 16.6. The predicted octanol–water partition coefficient (Wildman–Crippen LogP) is 2.86. The first-order valence-corrected chi connectivity index (χ1v) is 13.1. The highest BCUT2D eigenvalue weighted by Gasteiger charge is 2.22. The first kappa shape index (κ1) is 33.3. The van der Waals surface area contributed by atoms with Crippen molar-refractivity contribution in [2.45, 2.75) is 52.2 Å². The highest BCUT2D eigenvalue weighted by Crippen LogP contribution is 2.22. The minimum absolute atomic E-state index is 0.0185. The standard InChI is InChI=1S/C26H30N4O5.C3H7NO3/c1-26(2,3)35-25(34)30-19(16-18-10-7-8-12-21(18)30)17-29-15-9-11-20(24(29)33)28-23(32)14-6-4-5-13-22(27)31;4-3(6)7-2-1-5/h5,7-13,15-16H,4,6,14,17H2,1-3H3,(H2,27,31)(H,28,32);5H,1-2H2,(H2,4,6)/b13-5+;. The van der Waals surface area contributed by atoms with Crippen molar-refractivity contribution < 1.29 is 33.8 Å². The number of carbonyl (C=O) groups is 4. The Balaban J connectivity index is 0.000000782. The van der Waals surface area contributed by atoms with Gasteiger partial charge in [-0.2, -0.15) is 0 Å². The Morgan fingerprint density at radius 2 is 1.79 bits per heavy atom. The van der Waals surface area contributed by atoms with Crippen LogP contribution in [-0.4, -0.2) is 57.1 Å². The second-order valence-electron chi connectivity index (χ2n) is 10.0. The largest absolute Gasteiger partial charge is 0.447 e. The summed E-state index contributed by atoms with van der Waals surface area (Å²) in [7, 11) is 0. The minimum Gasteiger partial charge on any atom is -0.447 e. The van der Waals surface area contributed by atoms with Gasteiger partial charge in [0.2, 0.25) is 11.8 Å². The van der Waals surface area contributed by atoms with Crippen molar-refractivity contribution in [3.8, 4) is 0 Å². The molecule has 3 amide bonds. The lowest BCUT2D eigenvalue weighted by Gasteiger charge is -2.21. The van der Waals surface area contributed by atoms with E-state index in [2.05, 4.69) is 15.8 Å². The van der Waals surface area contributed by atoms with Gasteiger partial charge in [0.25, 0.3) is 5.56 Å². The van der Waals surface area contributed by atoms with Crippen LogP contribution in [0.4, 0.5) is 15.3 Å². The molecule has 2 aromatic heterocycles. The molecule has 0 spiro atoms. The number of amides is 3. The first-order valence-electron chi connectivity index (χ1n) is 13.1. The second-order valence-corrected chi connectivity index (χ2v) is 10.0. The van der Waals surface area contributed by atoms with Crippen molar-refractivity contribution in [1.29, 1.82) is 0 Å². The molecule has 0 fully saturated rings. The Hall–Kier alpha value is -4.91. The summed E-state index contributed by atoms with van der Waals surface area (Å²) in [6.45, 7) is 5.29. The number of allylic oxidation sites excluding steroid dienone is 1. The number of aromatic nitrogens is 2. The lowest BCUT2D eigenvalue weighted by molar-refractivity contribution is -0.116. The van der Waals surface area contributed by atoms with E-state index in [-0.39, 0.29) is 37.8 Å². The number of ether oxygens (including phenoxy) is 2. The molecule has 0 saturated heterocycles. The predicted molar refractivity (Wildman–Crippen MR) is 157 cm³/mol. The topological polar surface area (TPSA) is 198 Å². The zero-order valence-electron chi connectivity index (χ0n) is 23.9. The minimum atomic E-state index is -0.853. The van der Waals surface area contributed by atoms with Crippen molar-refractivity contribution in [2.24, 2.45) is 11.5 Å². The average molecular weight is 584 g/mol. The highest BCUT2D eigenvalue weighted by molar-refractivity contribution is 5.91. The number of aliphatic hydroxyl groups is 1. The van der Waals surface area contributed by atoms with E-state index in [1.165, 1.54) is 21.3 Å². The van der Waals surface area contributed by atoms with Gasteiger partial charge in [0.15, 0.2) is 0 Å². The molecular formula is C29H37N5O8. The number of fused-ring (bicyclic) bond motifs is 1. The van der Waals surface area contributed by atoms with E-state index in [4.69, 9.17) is 15.6 Å². The SMILES string of the molecule is CC(C)(C)OC(=O)n1c(Cn2cccc(NC(=O)CCC/C=C/C(N)=O)c2=O)cc2ccccc21.NC(=O)OCCO. The summed E-state index contributed by atoms with van der Waals surface area (Å²) in [6, 6.07) is 12.5. The maximum atomic E-state index is 13.0. The van der Waals surface area contributed by atoms with Gasteiger partial charge in [-0.3, -0.25) is 14.4 Å². The summed E-state index contributed by atoms with van der Waals surface area (Å²) in [6.07, 6.45) is 4.29. The number of carbonyl (C=O) groups excluding carboxylic acids is 4. The van der Waals surface area contributed by atoms with E-state index in [0.29, 0.717) is 24.1 Å². The maximum absolute atomic E-state index is 13.0. The molecular weight excluding hydrogens is 546 g/mol. The molecule has 0 unspecified atom stereocenters. The molecule has 0 aliphatic carbocycles. The molecule has 1 aromatic carbocycles. The number of aliphatic hydroxyl groups excluding tert-OH is 1. The van der Waals surface area contributed by atoms with Crippen LogP contribution in [0.25, 0.3) is 10.9 Å². The molecule has 3 rings (SSSR count). The van der Waals surface area contributed by atoms with E-state index < -0.39 is 29.3 Å². The Bertz CT molecular complexity index is 1480. The number of hydrogen-bond donors (Lipinski definition) is 4. The van der Waals surface area contributed by atoms with Crippen LogP contribution in [0.5, 0.6) is 0 Å². The molecule has 0 atom stereocenters. The summed E-state index contributed by atoms with van der Waals surface area (Å²) >= 11 is 0. The number of pyridine rings is 1. The normalized spacial score (nSPS) is 11.0. The number of primary amides is 2. The molecule has 0 radical (unpaired) electrons. The number of nitrogens with zero attached hydrogens (tertiary/aromatic N) is 2. The van der Waals surface area contributed by atoms with Crippen LogP contribution in [0.3, 0.4) is 0 Å². The Morgan fingerprint density at radius 3 is 2.40 bits per heavy atom. The molecule has 0 bridgehead atoms. The van der Waals surface area contributed by atoms with Gasteiger partial charge in [-0.1, -0.05) is 24.3 Å². The Labute approximate surface area is 242 Å². The van der Waals surface area contributed by atoms with E-state index in [1.54, 1.807) is 39.1 Å². The molecule has 0 saturated carbocycles. The van der Waals surface area contributed by atoms with Crippen LogP contribution in [0.2, 0.25) is 0 Å². The number of rotatable bonds is 10. The molecule has 226 valence electrons. The van der Waals surface area contributed by atoms with Gasteiger partial charge in [0.1, 0.15) is 17.9 Å². The van der Waals surface area contributed by atoms with Gasteiger partial charge in [0.05, 0.1) is 18.7 Å². The number of unbranched alkanes of at least 4 members (excludes halogenated alkanes) is 1. The molecule has 13 heteroatoms. The number of hydrogen-bond acceptors (Lipinski definition) is 8.